The number of rotatable bonds is 4. The van der Waals surface area contributed by atoms with Gasteiger partial charge in [0.1, 0.15) is 28.2 Å². The van der Waals surface area contributed by atoms with Gasteiger partial charge in [0.25, 0.3) is 0 Å². The minimum atomic E-state index is -0.178. The van der Waals surface area contributed by atoms with E-state index in [0.717, 1.165) is 84.6 Å². The van der Waals surface area contributed by atoms with Crippen LogP contribution in [0.25, 0.3) is 16.7 Å². The maximum Gasteiger partial charge on any atom is 0.169 e. The first kappa shape index (κ1) is 31.4. The first-order valence-corrected chi connectivity index (χ1v) is 17.5. The molecule has 1 atom stereocenters. The van der Waals surface area contributed by atoms with Gasteiger partial charge >= 0.3 is 0 Å². The Balaban J connectivity index is 1.34. The molecule has 9 rings (SSSR count). The predicted molar refractivity (Wildman–Crippen MR) is 204 cm³/mol. The third-order valence-electron chi connectivity index (χ3n) is 10.0. The number of hydrogen-bond donors (Lipinski definition) is 0. The van der Waals surface area contributed by atoms with Crippen LogP contribution in [0.2, 0.25) is 0 Å². The van der Waals surface area contributed by atoms with Gasteiger partial charge in [0, 0.05) is 71.7 Å². The van der Waals surface area contributed by atoms with Crippen LogP contribution >= 0.6 is 0 Å². The van der Waals surface area contributed by atoms with Gasteiger partial charge < -0.3 is 0 Å². The minimum absolute atomic E-state index is 0.178. The second kappa shape index (κ2) is 12.7. The lowest BCUT2D eigenvalue weighted by Crippen LogP contribution is -2.27. The molecule has 8 heteroatoms. The summed E-state index contributed by atoms with van der Waals surface area (Å²) < 4.78 is 8.19. The third-order valence-corrected chi connectivity index (χ3v) is 10.0. The largest absolute Gasteiger partial charge is 0.252 e. The van der Waals surface area contributed by atoms with Crippen LogP contribution < -0.4 is 18.3 Å². The SMILES string of the molecule is C[n+]1ccc(C2=C3C=CC(=N3)C(c3cc[n+](C)cc3)=C3C=CC(=N3)C(c3cc[n+](C)cc3)C3=NC(=C(c4cc[n+](C)cc4)C4=NC2=CC4)C=C3)cc1. The monoisotopic (exact) mass is 678 g/mol. The molecule has 8 bridgehead atoms. The van der Waals surface area contributed by atoms with E-state index in [1.165, 1.54) is 0 Å². The topological polar surface area (TPSA) is 65.0 Å². The van der Waals surface area contributed by atoms with E-state index in [9.17, 15) is 0 Å². The Hall–Kier alpha value is -6.54. The van der Waals surface area contributed by atoms with E-state index in [2.05, 4.69) is 145 Å². The Labute approximate surface area is 303 Å². The number of allylic oxidation sites excluding steroid dienone is 10. The maximum atomic E-state index is 5.42. The number of aliphatic imine (C=N–C) groups is 4. The fourth-order valence-corrected chi connectivity index (χ4v) is 7.26. The lowest BCUT2D eigenvalue weighted by atomic mass is 9.90. The highest BCUT2D eigenvalue weighted by molar-refractivity contribution is 6.33. The van der Waals surface area contributed by atoms with Crippen molar-refractivity contribution in [3.05, 3.63) is 186 Å². The normalized spacial score (nSPS) is 19.0. The zero-order valence-electron chi connectivity index (χ0n) is 29.6. The molecule has 8 nitrogen and oxygen atoms in total. The molecule has 1 unspecified atom stereocenters. The molecule has 0 fully saturated rings. The number of nitrogens with zero attached hydrogens (tertiary/aromatic N) is 8. The summed E-state index contributed by atoms with van der Waals surface area (Å²) in [5.41, 5.74) is 14.6. The van der Waals surface area contributed by atoms with Crippen LogP contribution in [0.3, 0.4) is 0 Å². The van der Waals surface area contributed by atoms with Gasteiger partial charge in [-0.25, -0.2) is 23.3 Å². The van der Waals surface area contributed by atoms with Crippen LogP contribution in [0.4, 0.5) is 0 Å². The van der Waals surface area contributed by atoms with Crippen molar-refractivity contribution >= 4 is 39.6 Å². The molecule has 0 saturated heterocycles. The quantitative estimate of drug-likeness (QED) is 0.271. The lowest BCUT2D eigenvalue weighted by molar-refractivity contribution is -0.671. The smallest absolute Gasteiger partial charge is 0.169 e. The molecule has 5 aliphatic heterocycles. The molecule has 52 heavy (non-hydrogen) atoms. The summed E-state index contributed by atoms with van der Waals surface area (Å²) in [7, 11) is 8.13. The summed E-state index contributed by atoms with van der Waals surface area (Å²) in [6.07, 6.45) is 32.3. The molecule has 0 amide bonds. The molecular formula is C44H38N8+4. The predicted octanol–water partition coefficient (Wildman–Crippen LogP) is 5.08. The summed E-state index contributed by atoms with van der Waals surface area (Å²) in [6.45, 7) is 0. The molecule has 0 spiro atoms. The third kappa shape index (κ3) is 5.68. The standard InChI is InChI=1S/C44H38N8/c1-49-21-13-29(14-22-49)41-33-5-7-35(45-33)42(30-15-23-50(2)24-16-30)37-9-11-39(47-37)44(32-19-27-52(4)28-20-32)40-12-10-38(48-40)43(36-8-6-34(41)46-36)31-17-25-51(3)26-18-31/h5-11,13-28,42H,12H2,1-4H3/q+4. The molecule has 250 valence electrons. The van der Waals surface area contributed by atoms with Crippen LogP contribution in [-0.2, 0) is 28.2 Å². The van der Waals surface area contributed by atoms with Crippen LogP contribution in [-0.4, -0.2) is 22.8 Å². The first-order chi connectivity index (χ1) is 25.4. The van der Waals surface area contributed by atoms with Gasteiger partial charge in [-0.1, -0.05) is 6.08 Å². The molecule has 5 aliphatic rings. The first-order valence-electron chi connectivity index (χ1n) is 17.5. The van der Waals surface area contributed by atoms with Crippen LogP contribution in [0.15, 0.2) is 183 Å². The van der Waals surface area contributed by atoms with E-state index in [4.69, 9.17) is 20.0 Å². The van der Waals surface area contributed by atoms with E-state index in [-0.39, 0.29) is 5.92 Å². The zero-order chi connectivity index (χ0) is 35.3. The Kier molecular flexibility index (Phi) is 7.65. The highest BCUT2D eigenvalue weighted by Gasteiger charge is 2.31. The Bertz CT molecular complexity index is 2510. The van der Waals surface area contributed by atoms with E-state index in [1.807, 2.05) is 41.9 Å². The molecule has 0 saturated carbocycles. The maximum absolute atomic E-state index is 5.42. The van der Waals surface area contributed by atoms with Crippen LogP contribution in [0, 0.1) is 0 Å². The minimum Gasteiger partial charge on any atom is -0.252 e. The Morgan fingerprint density at radius 3 is 1.46 bits per heavy atom. The van der Waals surface area contributed by atoms with Crippen molar-refractivity contribution in [3.8, 4) is 0 Å². The molecule has 0 aromatic carbocycles. The summed E-state index contributed by atoms with van der Waals surface area (Å²) in [6, 6.07) is 17.2. The average molecular weight is 679 g/mol. The number of aromatic nitrogens is 4. The summed E-state index contributed by atoms with van der Waals surface area (Å²) in [5.74, 6) is -0.178. The second-order valence-electron chi connectivity index (χ2n) is 13.7. The molecule has 4 aromatic heterocycles. The van der Waals surface area contributed by atoms with Crippen LogP contribution in [0.1, 0.15) is 34.6 Å². The Morgan fingerprint density at radius 2 is 0.904 bits per heavy atom. The highest BCUT2D eigenvalue weighted by atomic mass is 14.9. The summed E-state index contributed by atoms with van der Waals surface area (Å²) in [4.78, 5) is 21.6. The van der Waals surface area contributed by atoms with E-state index in [1.54, 1.807) is 0 Å². The molecule has 0 aliphatic carbocycles. The van der Waals surface area contributed by atoms with Gasteiger partial charge in [0.05, 0.1) is 51.6 Å². The van der Waals surface area contributed by atoms with Crippen molar-refractivity contribution in [2.24, 2.45) is 48.2 Å². The van der Waals surface area contributed by atoms with Crippen molar-refractivity contribution in [2.75, 3.05) is 0 Å². The number of pyridine rings is 4. The summed E-state index contributed by atoms with van der Waals surface area (Å²) >= 11 is 0. The molecule has 9 heterocycles. The van der Waals surface area contributed by atoms with Gasteiger partial charge in [-0.2, -0.15) is 0 Å². The number of aryl methyl sites for hydroxylation is 4. The van der Waals surface area contributed by atoms with Gasteiger partial charge in [-0.15, -0.1) is 0 Å². The lowest BCUT2D eigenvalue weighted by Gasteiger charge is -2.16. The Morgan fingerprint density at radius 1 is 0.462 bits per heavy atom. The van der Waals surface area contributed by atoms with Crippen molar-refractivity contribution < 1.29 is 18.3 Å². The molecule has 4 aromatic rings. The fourth-order valence-electron chi connectivity index (χ4n) is 7.26. The molecule has 0 radical (unpaired) electrons. The fraction of sp³-hybridized carbons (Fsp3) is 0.136. The summed E-state index contributed by atoms with van der Waals surface area (Å²) in [5, 5.41) is 0. The second-order valence-corrected chi connectivity index (χ2v) is 13.7. The highest BCUT2D eigenvalue weighted by Crippen LogP contribution is 2.40. The van der Waals surface area contributed by atoms with Gasteiger partial charge in [0.15, 0.2) is 49.6 Å². The van der Waals surface area contributed by atoms with Crippen molar-refractivity contribution in [1.29, 1.82) is 0 Å². The van der Waals surface area contributed by atoms with Crippen molar-refractivity contribution in [1.82, 2.24) is 0 Å². The van der Waals surface area contributed by atoms with E-state index >= 15 is 0 Å². The van der Waals surface area contributed by atoms with Crippen LogP contribution in [0.5, 0.6) is 0 Å². The average Bonchev–Trinajstić information content (AvgIpc) is 3.99. The van der Waals surface area contributed by atoms with Crippen molar-refractivity contribution in [3.63, 3.8) is 0 Å². The zero-order valence-corrected chi connectivity index (χ0v) is 29.6. The van der Waals surface area contributed by atoms with Crippen molar-refractivity contribution in [2.45, 2.75) is 12.3 Å². The van der Waals surface area contributed by atoms with Gasteiger partial charge in [0.2, 0.25) is 0 Å². The number of fused-ring (bicyclic) bond motifs is 4. The van der Waals surface area contributed by atoms with E-state index < -0.39 is 0 Å². The van der Waals surface area contributed by atoms with Gasteiger partial charge in [-0.3, -0.25) is 15.0 Å². The van der Waals surface area contributed by atoms with E-state index in [0.29, 0.717) is 6.42 Å². The van der Waals surface area contributed by atoms with Gasteiger partial charge in [-0.05, 0) is 58.7 Å². The number of hydrogen-bond acceptors (Lipinski definition) is 4. The molecule has 0 N–H and O–H groups in total. The molecular weight excluding hydrogens is 641 g/mol.